The van der Waals surface area contributed by atoms with Crippen molar-refractivity contribution in [3.8, 4) is 17.1 Å². The fourth-order valence-electron chi connectivity index (χ4n) is 2.80. The van der Waals surface area contributed by atoms with E-state index in [1.165, 1.54) is 29.0 Å². The van der Waals surface area contributed by atoms with E-state index in [1.807, 2.05) is 0 Å². The summed E-state index contributed by atoms with van der Waals surface area (Å²) in [6.45, 7) is 0. The first-order chi connectivity index (χ1) is 13.6. The summed E-state index contributed by atoms with van der Waals surface area (Å²) in [7, 11) is 0. The second-order valence-electron chi connectivity index (χ2n) is 6.12. The van der Waals surface area contributed by atoms with Crippen LogP contribution in [-0.2, 0) is 0 Å². The Labute approximate surface area is 159 Å². The average molecular weight is 374 g/mol. The number of benzene rings is 2. The quantitative estimate of drug-likeness (QED) is 0.414. The molecule has 0 aliphatic rings. The fourth-order valence-corrected chi connectivity index (χ4v) is 2.80. The van der Waals surface area contributed by atoms with Gasteiger partial charge in [0.2, 0.25) is 0 Å². The lowest BCUT2D eigenvalue weighted by atomic mass is 10.1. The van der Waals surface area contributed by atoms with Crippen molar-refractivity contribution in [3.05, 3.63) is 107 Å². The maximum atomic E-state index is 13.0. The lowest BCUT2D eigenvalue weighted by Crippen LogP contribution is -2.14. The molecule has 5 nitrogen and oxygen atoms in total. The van der Waals surface area contributed by atoms with Gasteiger partial charge in [-0.3, -0.25) is 9.36 Å². The minimum Gasteiger partial charge on any atom is -0.463 e. The minimum absolute atomic E-state index is 0.221. The topological polar surface area (TPSA) is 68.0 Å². The second-order valence-corrected chi connectivity index (χ2v) is 6.12. The van der Waals surface area contributed by atoms with Crippen LogP contribution in [-0.4, -0.2) is 15.3 Å². The number of carbonyl (C=O) groups excluding carboxylic acids is 1. The zero-order valence-corrected chi connectivity index (χ0v) is 14.6. The van der Waals surface area contributed by atoms with E-state index < -0.39 is 0 Å². The predicted molar refractivity (Wildman–Crippen MR) is 104 cm³/mol. The van der Waals surface area contributed by atoms with Gasteiger partial charge in [-0.15, -0.1) is 0 Å². The number of ketones is 1. The first kappa shape index (κ1) is 17.5. The van der Waals surface area contributed by atoms with Crippen LogP contribution in [0.15, 0.2) is 88.4 Å². The predicted octanol–water partition coefficient (Wildman–Crippen LogP) is 4.46. The van der Waals surface area contributed by atoms with E-state index in [-0.39, 0.29) is 17.3 Å². The van der Waals surface area contributed by atoms with E-state index in [0.29, 0.717) is 22.7 Å². The van der Waals surface area contributed by atoms with E-state index >= 15 is 0 Å². The molecule has 2 aromatic heterocycles. The van der Waals surface area contributed by atoms with Gasteiger partial charge in [-0.25, -0.2) is 9.18 Å². The highest BCUT2D eigenvalue weighted by Crippen LogP contribution is 2.18. The molecular weight excluding hydrogens is 359 g/mol. The van der Waals surface area contributed by atoms with Gasteiger partial charge in [0.05, 0.1) is 12.0 Å². The monoisotopic (exact) mass is 374 g/mol. The van der Waals surface area contributed by atoms with Crippen LogP contribution in [0.2, 0.25) is 0 Å². The molecule has 0 fully saturated rings. The van der Waals surface area contributed by atoms with Crippen molar-refractivity contribution in [1.29, 1.82) is 0 Å². The van der Waals surface area contributed by atoms with Gasteiger partial charge < -0.3 is 9.40 Å². The molecule has 0 spiro atoms. The third-order valence-corrected chi connectivity index (χ3v) is 4.21. The molecule has 0 saturated carbocycles. The molecule has 6 heteroatoms. The summed E-state index contributed by atoms with van der Waals surface area (Å²) in [5.74, 6) is -0.00614. The smallest absolute Gasteiger partial charge is 0.330 e. The number of imidazole rings is 1. The number of aromatic nitrogens is 2. The third-order valence-electron chi connectivity index (χ3n) is 4.21. The molecule has 0 saturated heterocycles. The summed E-state index contributed by atoms with van der Waals surface area (Å²) in [5.41, 5.74) is 1.92. The number of rotatable bonds is 5. The molecule has 0 aliphatic carbocycles. The van der Waals surface area contributed by atoms with Crippen molar-refractivity contribution in [2.75, 3.05) is 0 Å². The summed E-state index contributed by atoms with van der Waals surface area (Å²) >= 11 is 0. The van der Waals surface area contributed by atoms with Gasteiger partial charge in [0.25, 0.3) is 0 Å². The SMILES string of the molecule is O=C(/C=C/c1ccc(F)cc1)c1cccc(-n2cc(-c3ccco3)[nH]c2=O)c1. The van der Waals surface area contributed by atoms with Crippen LogP contribution in [0.25, 0.3) is 23.2 Å². The molecule has 0 radical (unpaired) electrons. The lowest BCUT2D eigenvalue weighted by molar-refractivity contribution is 0.104. The Bertz CT molecular complexity index is 1200. The highest BCUT2D eigenvalue weighted by Gasteiger charge is 2.10. The van der Waals surface area contributed by atoms with Crippen LogP contribution < -0.4 is 5.69 Å². The molecule has 0 unspecified atom stereocenters. The van der Waals surface area contributed by atoms with E-state index in [1.54, 1.807) is 60.8 Å². The number of furan rings is 1. The third kappa shape index (κ3) is 3.61. The molecule has 2 heterocycles. The highest BCUT2D eigenvalue weighted by molar-refractivity contribution is 6.07. The first-order valence-corrected chi connectivity index (χ1v) is 8.54. The normalized spacial score (nSPS) is 11.2. The van der Waals surface area contributed by atoms with Crippen LogP contribution >= 0.6 is 0 Å². The number of nitrogens with one attached hydrogen (secondary N) is 1. The first-order valence-electron chi connectivity index (χ1n) is 8.54. The lowest BCUT2D eigenvalue weighted by Gasteiger charge is -2.03. The fraction of sp³-hybridized carbons (Fsp3) is 0. The number of allylic oxidation sites excluding steroid dienone is 1. The van der Waals surface area contributed by atoms with Gasteiger partial charge in [0.15, 0.2) is 11.5 Å². The Morgan fingerprint density at radius 2 is 1.89 bits per heavy atom. The van der Waals surface area contributed by atoms with Crippen molar-refractivity contribution in [2.24, 2.45) is 0 Å². The number of halogens is 1. The largest absolute Gasteiger partial charge is 0.463 e. The van der Waals surface area contributed by atoms with Gasteiger partial charge in [-0.05, 0) is 48.0 Å². The van der Waals surface area contributed by atoms with E-state index in [0.717, 1.165) is 5.56 Å². The Hall–Kier alpha value is -3.93. The summed E-state index contributed by atoms with van der Waals surface area (Å²) in [6.07, 6.45) is 6.18. The van der Waals surface area contributed by atoms with Crippen LogP contribution in [0.1, 0.15) is 15.9 Å². The summed E-state index contributed by atoms with van der Waals surface area (Å²) in [6, 6.07) is 16.1. The highest BCUT2D eigenvalue weighted by atomic mass is 19.1. The summed E-state index contributed by atoms with van der Waals surface area (Å²) < 4.78 is 19.7. The number of H-pyrrole nitrogens is 1. The Morgan fingerprint density at radius 3 is 2.64 bits per heavy atom. The average Bonchev–Trinajstić information content (AvgIpc) is 3.37. The van der Waals surface area contributed by atoms with E-state index in [9.17, 15) is 14.0 Å². The molecule has 138 valence electrons. The number of nitrogens with zero attached hydrogens (tertiary/aromatic N) is 1. The number of hydrogen-bond donors (Lipinski definition) is 1. The summed E-state index contributed by atoms with van der Waals surface area (Å²) in [5, 5.41) is 0. The minimum atomic E-state index is -0.335. The van der Waals surface area contributed by atoms with Crippen molar-refractivity contribution in [1.82, 2.24) is 9.55 Å². The maximum absolute atomic E-state index is 13.0. The van der Waals surface area contributed by atoms with Crippen molar-refractivity contribution in [3.63, 3.8) is 0 Å². The Balaban J connectivity index is 1.60. The van der Waals surface area contributed by atoms with Crippen LogP contribution in [0.5, 0.6) is 0 Å². The maximum Gasteiger partial charge on any atom is 0.330 e. The second kappa shape index (κ2) is 7.36. The van der Waals surface area contributed by atoms with Crippen LogP contribution in [0, 0.1) is 5.82 Å². The molecule has 0 atom stereocenters. The van der Waals surface area contributed by atoms with Crippen LogP contribution in [0.3, 0.4) is 0 Å². The summed E-state index contributed by atoms with van der Waals surface area (Å²) in [4.78, 5) is 27.5. The molecule has 1 N–H and O–H groups in total. The molecule has 4 rings (SSSR count). The van der Waals surface area contributed by atoms with Crippen molar-refractivity contribution in [2.45, 2.75) is 0 Å². The van der Waals surface area contributed by atoms with Gasteiger partial charge in [0, 0.05) is 11.8 Å². The molecule has 2 aromatic carbocycles. The van der Waals surface area contributed by atoms with E-state index in [4.69, 9.17) is 4.42 Å². The number of aromatic amines is 1. The molecule has 28 heavy (non-hydrogen) atoms. The van der Waals surface area contributed by atoms with Gasteiger partial charge in [-0.1, -0.05) is 30.3 Å². The number of hydrogen-bond acceptors (Lipinski definition) is 3. The van der Waals surface area contributed by atoms with Crippen LogP contribution in [0.4, 0.5) is 4.39 Å². The number of carbonyl (C=O) groups is 1. The molecule has 0 amide bonds. The molecule has 4 aromatic rings. The van der Waals surface area contributed by atoms with E-state index in [2.05, 4.69) is 4.98 Å². The zero-order valence-electron chi connectivity index (χ0n) is 14.6. The standard InChI is InChI=1S/C22H15FN2O3/c23-17-9-6-15(7-10-17)8-11-20(26)16-3-1-4-18(13-16)25-14-19(24-22(25)27)21-5-2-12-28-21/h1-14H,(H,24,27)/b11-8+. The van der Waals surface area contributed by atoms with Gasteiger partial charge in [-0.2, -0.15) is 0 Å². The molecular formula is C22H15FN2O3. The molecule has 0 bridgehead atoms. The Morgan fingerprint density at radius 1 is 1.07 bits per heavy atom. The van der Waals surface area contributed by atoms with Crippen molar-refractivity contribution >= 4 is 11.9 Å². The van der Waals surface area contributed by atoms with Gasteiger partial charge >= 0.3 is 5.69 Å². The zero-order chi connectivity index (χ0) is 19.5. The molecule has 0 aliphatic heterocycles. The van der Waals surface area contributed by atoms with Crippen molar-refractivity contribution < 1.29 is 13.6 Å². The van der Waals surface area contributed by atoms with Gasteiger partial charge in [0.1, 0.15) is 11.5 Å². The Kier molecular flexibility index (Phi) is 4.60.